The third-order valence-corrected chi connectivity index (χ3v) is 1.82. The zero-order chi connectivity index (χ0) is 11.0. The van der Waals surface area contributed by atoms with E-state index in [9.17, 15) is 26.4 Å². The van der Waals surface area contributed by atoms with E-state index in [2.05, 4.69) is 9.05 Å². The predicted molar refractivity (Wildman–Crippen MR) is 34.9 cm³/mol. The van der Waals surface area contributed by atoms with Crippen molar-refractivity contribution in [2.45, 2.75) is 13.8 Å². The van der Waals surface area contributed by atoms with Gasteiger partial charge in [0.2, 0.25) is 0 Å². The third kappa shape index (κ3) is 5.35. The van der Waals surface area contributed by atoms with E-state index in [1.54, 1.807) is 0 Å². The molecule has 0 aliphatic rings. The fraction of sp³-hybridized carbons (Fsp3) is 0.500. The van der Waals surface area contributed by atoms with Gasteiger partial charge in [0.15, 0.2) is 0 Å². The number of rotatable bonds is 2. The van der Waals surface area contributed by atoms with Gasteiger partial charge in [0.05, 0.1) is 0 Å². The van der Waals surface area contributed by atoms with Crippen LogP contribution in [0.1, 0.15) is 13.8 Å². The molecule has 0 aromatic carbocycles. The fourth-order valence-corrected chi connectivity index (χ4v) is 1.54. The number of carbonyl (C=O) groups excluding carboxylic acids is 2. The average Bonchev–Trinajstić information content (AvgIpc) is 1.47. The number of hydrogen-bond acceptors (Lipinski definition) is 4. The second kappa shape index (κ2) is 2.31. The van der Waals surface area contributed by atoms with E-state index in [4.69, 9.17) is 0 Å². The molecule has 0 aliphatic carbocycles. The van der Waals surface area contributed by atoms with Crippen molar-refractivity contribution in [3.05, 3.63) is 0 Å². The van der Waals surface area contributed by atoms with Crippen LogP contribution in [0, 0.1) is 0 Å². The molecule has 0 fully saturated rings. The SMILES string of the molecule is CC(=O)O[P-](F)(F)(F)(F)OC(C)=O. The molecule has 13 heavy (non-hydrogen) atoms. The maximum atomic E-state index is 12.2. The van der Waals surface area contributed by atoms with E-state index >= 15 is 0 Å². The van der Waals surface area contributed by atoms with Crippen LogP contribution in [0.4, 0.5) is 16.8 Å². The van der Waals surface area contributed by atoms with Crippen LogP contribution in [-0.2, 0) is 18.6 Å². The van der Waals surface area contributed by atoms with Gasteiger partial charge in [0.1, 0.15) is 0 Å². The molecule has 0 aromatic rings. The molecule has 0 amide bonds. The molecule has 0 aromatic heterocycles. The summed E-state index contributed by atoms with van der Waals surface area (Å²) < 4.78 is 53.9. The Morgan fingerprint density at radius 3 is 1.31 bits per heavy atom. The summed E-state index contributed by atoms with van der Waals surface area (Å²) in [7, 11) is -9.65. The van der Waals surface area contributed by atoms with Crippen LogP contribution in [0.25, 0.3) is 0 Å². The summed E-state index contributed by atoms with van der Waals surface area (Å²) in [6.45, 7) is 0.680. The van der Waals surface area contributed by atoms with Crippen LogP contribution in [-0.4, -0.2) is 11.9 Å². The molecule has 0 saturated carbocycles. The molecule has 0 heterocycles. The van der Waals surface area contributed by atoms with Crippen molar-refractivity contribution in [2.24, 2.45) is 0 Å². The minimum absolute atomic E-state index is 0.340. The Bertz CT molecular complexity index is 244. The molecular formula is C4H6F4O4P-. The van der Waals surface area contributed by atoms with Crippen molar-refractivity contribution >= 4 is 19.6 Å². The van der Waals surface area contributed by atoms with Gasteiger partial charge in [-0.2, -0.15) is 0 Å². The van der Waals surface area contributed by atoms with Gasteiger partial charge in [-0.1, -0.05) is 0 Å². The van der Waals surface area contributed by atoms with Crippen molar-refractivity contribution in [2.75, 3.05) is 0 Å². The van der Waals surface area contributed by atoms with Crippen LogP contribution in [0.3, 0.4) is 0 Å². The number of carbonyl (C=O) groups is 2. The van der Waals surface area contributed by atoms with Gasteiger partial charge >= 0.3 is 68.9 Å². The van der Waals surface area contributed by atoms with Crippen LogP contribution in [0.5, 0.6) is 0 Å². The first-order chi connectivity index (χ1) is 5.34. The Balaban J connectivity index is 5.00. The molecule has 0 spiro atoms. The second-order valence-corrected chi connectivity index (χ2v) is 4.56. The van der Waals surface area contributed by atoms with E-state index in [0.717, 1.165) is 0 Å². The summed E-state index contributed by atoms with van der Waals surface area (Å²) >= 11 is 0. The van der Waals surface area contributed by atoms with Crippen molar-refractivity contribution in [1.82, 2.24) is 0 Å². The monoisotopic (exact) mass is 225 g/mol. The molecule has 0 aliphatic heterocycles. The van der Waals surface area contributed by atoms with Crippen LogP contribution in [0.2, 0.25) is 0 Å². The molecule has 0 bridgehead atoms. The molecular weight excluding hydrogens is 219 g/mol. The van der Waals surface area contributed by atoms with Gasteiger partial charge < -0.3 is 0 Å². The quantitative estimate of drug-likeness (QED) is 0.535. The molecule has 80 valence electrons. The Hall–Kier alpha value is -0.910. The molecule has 0 saturated heterocycles. The summed E-state index contributed by atoms with van der Waals surface area (Å²) in [6, 6.07) is 0. The summed E-state index contributed by atoms with van der Waals surface area (Å²) in [4.78, 5) is 19.8. The molecule has 0 atom stereocenters. The van der Waals surface area contributed by atoms with E-state index in [1.807, 2.05) is 0 Å². The summed E-state index contributed by atoms with van der Waals surface area (Å²) in [5, 5.41) is 0. The Kier molecular flexibility index (Phi) is 2.15. The Morgan fingerprint density at radius 2 is 1.15 bits per heavy atom. The summed E-state index contributed by atoms with van der Waals surface area (Å²) in [5.74, 6) is -3.88. The molecule has 0 rings (SSSR count). The standard InChI is InChI=1S/C4H6F4O4P/c1-3(9)11-13(5,6,7,8)12-4(2)10/h1-2H3/q-1. The summed E-state index contributed by atoms with van der Waals surface area (Å²) in [6.07, 6.45) is 0. The molecule has 0 unspecified atom stereocenters. The van der Waals surface area contributed by atoms with E-state index in [0.29, 0.717) is 13.8 Å². The second-order valence-electron chi connectivity index (χ2n) is 2.18. The van der Waals surface area contributed by atoms with Gasteiger partial charge in [0.25, 0.3) is 0 Å². The number of hydrogen-bond donors (Lipinski definition) is 0. The third-order valence-electron chi connectivity index (χ3n) is 0.608. The van der Waals surface area contributed by atoms with Crippen molar-refractivity contribution in [3.63, 3.8) is 0 Å². The van der Waals surface area contributed by atoms with E-state index < -0.39 is 19.6 Å². The molecule has 9 heteroatoms. The Morgan fingerprint density at radius 1 is 0.923 bits per heavy atom. The van der Waals surface area contributed by atoms with Crippen LogP contribution < -0.4 is 0 Å². The first-order valence-corrected chi connectivity index (χ1v) is 4.94. The fourth-order valence-electron chi connectivity index (χ4n) is 0.512. The molecule has 0 radical (unpaired) electrons. The van der Waals surface area contributed by atoms with Gasteiger partial charge in [-0.15, -0.1) is 0 Å². The zero-order valence-electron chi connectivity index (χ0n) is 6.59. The molecule has 4 nitrogen and oxygen atoms in total. The minimum atomic E-state index is -9.65. The van der Waals surface area contributed by atoms with E-state index in [-0.39, 0.29) is 0 Å². The van der Waals surface area contributed by atoms with Gasteiger partial charge in [-0.05, 0) is 0 Å². The maximum absolute atomic E-state index is 12.2. The Labute approximate surface area is 70.0 Å². The first-order valence-electron chi connectivity index (χ1n) is 2.86. The van der Waals surface area contributed by atoms with Gasteiger partial charge in [0, 0.05) is 0 Å². The normalized spacial score (nSPS) is 16.8. The zero-order valence-corrected chi connectivity index (χ0v) is 7.49. The average molecular weight is 225 g/mol. The van der Waals surface area contributed by atoms with Crippen molar-refractivity contribution < 1.29 is 35.4 Å². The van der Waals surface area contributed by atoms with Crippen LogP contribution in [0.15, 0.2) is 0 Å². The first kappa shape index (κ1) is 12.1. The van der Waals surface area contributed by atoms with Crippen LogP contribution >= 0.6 is 7.64 Å². The van der Waals surface area contributed by atoms with E-state index in [1.165, 1.54) is 0 Å². The summed E-state index contributed by atoms with van der Waals surface area (Å²) in [5.41, 5.74) is 0. The topological polar surface area (TPSA) is 52.6 Å². The van der Waals surface area contributed by atoms with Gasteiger partial charge in [-0.25, -0.2) is 0 Å². The van der Waals surface area contributed by atoms with Gasteiger partial charge in [-0.3, -0.25) is 0 Å². The molecule has 0 N–H and O–H groups in total. The predicted octanol–water partition coefficient (Wildman–Crippen LogP) is 2.57. The number of halogens is 4. The van der Waals surface area contributed by atoms with Crippen molar-refractivity contribution in [1.29, 1.82) is 0 Å². The van der Waals surface area contributed by atoms with Crippen molar-refractivity contribution in [3.8, 4) is 0 Å².